The minimum atomic E-state index is -4.58. The van der Waals surface area contributed by atoms with Gasteiger partial charge in [0, 0.05) is 18.8 Å². The van der Waals surface area contributed by atoms with E-state index in [9.17, 15) is 22.4 Å². The number of piperidine rings is 1. The van der Waals surface area contributed by atoms with E-state index in [1.807, 2.05) is 0 Å². The van der Waals surface area contributed by atoms with Crippen LogP contribution in [-0.4, -0.2) is 41.6 Å². The van der Waals surface area contributed by atoms with E-state index in [0.717, 1.165) is 44.1 Å². The Kier molecular flexibility index (Phi) is 5.64. The zero-order valence-corrected chi connectivity index (χ0v) is 14.2. The third kappa shape index (κ3) is 5.19. The predicted molar refractivity (Wildman–Crippen MR) is 89.3 cm³/mol. The maximum atomic E-state index is 13.3. The zero-order chi connectivity index (χ0) is 19.4. The van der Waals surface area contributed by atoms with Crippen LogP contribution < -0.4 is 15.4 Å². The predicted octanol–water partition coefficient (Wildman–Crippen LogP) is 3.14. The molecule has 1 fully saturated rings. The number of benzene rings is 1. The number of rotatable bonds is 5. The van der Waals surface area contributed by atoms with Crippen molar-refractivity contribution in [2.24, 2.45) is 0 Å². The van der Waals surface area contributed by atoms with Crippen molar-refractivity contribution in [2.75, 3.05) is 25.0 Å². The number of nitrogens with zero attached hydrogens (tertiary/aromatic N) is 2. The molecule has 0 spiro atoms. The quantitative estimate of drug-likeness (QED) is 0.775. The number of amides is 1. The number of carbonyl (C=O) groups is 1. The monoisotopic (exact) mass is 386 g/mol. The Balaban J connectivity index is 1.71. The summed E-state index contributed by atoms with van der Waals surface area (Å²) in [6.07, 6.45) is -0.969. The van der Waals surface area contributed by atoms with Crippen molar-refractivity contribution in [2.45, 2.75) is 25.1 Å². The number of hydrogen-bond donors (Lipinski definition) is 2. The van der Waals surface area contributed by atoms with Gasteiger partial charge in [-0.05, 0) is 37.6 Å². The van der Waals surface area contributed by atoms with Gasteiger partial charge in [0.05, 0.1) is 11.7 Å². The summed E-state index contributed by atoms with van der Waals surface area (Å²) in [6.45, 7) is 0.0924. The molecular formula is C17H18F4N4O2. The second-order valence-corrected chi connectivity index (χ2v) is 6.18. The van der Waals surface area contributed by atoms with Crippen molar-refractivity contribution in [1.29, 1.82) is 0 Å². The summed E-state index contributed by atoms with van der Waals surface area (Å²) in [5.74, 6) is -1.81. The molecule has 2 N–H and O–H groups in total. The standard InChI is InChI=1S/C17H18F4N4O2/c18-11-3-4-13(15(8-11)27-10-17(19,20)21)23-16(26)14-5-7-25(24-14)12-2-1-6-22-9-12/h3-5,7-8,12,22H,1-2,6,9-10H2,(H,23,26). The molecule has 1 aromatic heterocycles. The highest BCUT2D eigenvalue weighted by molar-refractivity contribution is 6.03. The highest BCUT2D eigenvalue weighted by atomic mass is 19.4. The number of carbonyl (C=O) groups excluding carboxylic acids is 1. The fraction of sp³-hybridized carbons (Fsp3) is 0.412. The van der Waals surface area contributed by atoms with Crippen LogP contribution in [0.3, 0.4) is 0 Å². The van der Waals surface area contributed by atoms with E-state index in [1.54, 1.807) is 10.9 Å². The fourth-order valence-electron chi connectivity index (χ4n) is 2.79. The van der Waals surface area contributed by atoms with Gasteiger partial charge in [0.15, 0.2) is 12.3 Å². The maximum Gasteiger partial charge on any atom is 0.422 e. The average Bonchev–Trinajstić information content (AvgIpc) is 3.12. The third-order valence-corrected chi connectivity index (χ3v) is 4.07. The topological polar surface area (TPSA) is 68.2 Å². The SMILES string of the molecule is O=C(Nc1ccc(F)cc1OCC(F)(F)F)c1ccn(C2CCCNC2)n1. The smallest absolute Gasteiger partial charge is 0.422 e. The van der Waals surface area contributed by atoms with E-state index < -0.39 is 30.3 Å². The lowest BCUT2D eigenvalue weighted by atomic mass is 10.1. The first kappa shape index (κ1) is 19.2. The van der Waals surface area contributed by atoms with Gasteiger partial charge >= 0.3 is 6.18 Å². The zero-order valence-electron chi connectivity index (χ0n) is 14.2. The highest BCUT2D eigenvalue weighted by Gasteiger charge is 2.29. The molecule has 0 saturated carbocycles. The Morgan fingerprint density at radius 2 is 2.19 bits per heavy atom. The van der Waals surface area contributed by atoms with Gasteiger partial charge in [-0.25, -0.2) is 4.39 Å². The van der Waals surface area contributed by atoms with E-state index in [-0.39, 0.29) is 17.4 Å². The molecular weight excluding hydrogens is 368 g/mol. The van der Waals surface area contributed by atoms with E-state index in [4.69, 9.17) is 0 Å². The van der Waals surface area contributed by atoms with Gasteiger partial charge in [-0.1, -0.05) is 0 Å². The molecule has 1 atom stereocenters. The maximum absolute atomic E-state index is 13.3. The lowest BCUT2D eigenvalue weighted by Gasteiger charge is -2.22. The van der Waals surface area contributed by atoms with Gasteiger partial charge in [0.25, 0.3) is 5.91 Å². The molecule has 146 valence electrons. The molecule has 10 heteroatoms. The van der Waals surface area contributed by atoms with E-state index in [1.165, 1.54) is 6.07 Å². The lowest BCUT2D eigenvalue weighted by Crippen LogP contribution is -2.32. The summed E-state index contributed by atoms with van der Waals surface area (Å²) in [5.41, 5.74) is 0.0335. The summed E-state index contributed by atoms with van der Waals surface area (Å²) in [5, 5.41) is 9.89. The number of alkyl halides is 3. The summed E-state index contributed by atoms with van der Waals surface area (Å²) in [7, 11) is 0. The van der Waals surface area contributed by atoms with Gasteiger partial charge in [-0.3, -0.25) is 9.48 Å². The van der Waals surface area contributed by atoms with Crippen LogP contribution in [0, 0.1) is 5.82 Å². The first-order valence-corrected chi connectivity index (χ1v) is 8.38. The van der Waals surface area contributed by atoms with Gasteiger partial charge in [0.1, 0.15) is 11.6 Å². The molecule has 0 aliphatic carbocycles. The molecule has 2 aromatic rings. The van der Waals surface area contributed by atoms with E-state index in [0.29, 0.717) is 0 Å². The molecule has 1 aliphatic heterocycles. The molecule has 0 bridgehead atoms. The first-order chi connectivity index (χ1) is 12.8. The fourth-order valence-corrected chi connectivity index (χ4v) is 2.79. The molecule has 1 aromatic carbocycles. The van der Waals surface area contributed by atoms with Crippen molar-refractivity contribution in [3.63, 3.8) is 0 Å². The van der Waals surface area contributed by atoms with Crippen molar-refractivity contribution in [3.8, 4) is 5.75 Å². The molecule has 27 heavy (non-hydrogen) atoms. The third-order valence-electron chi connectivity index (χ3n) is 4.07. The molecule has 1 saturated heterocycles. The van der Waals surface area contributed by atoms with Crippen LogP contribution in [0.2, 0.25) is 0 Å². The Morgan fingerprint density at radius 3 is 2.89 bits per heavy atom. The minimum absolute atomic E-state index is 0.0699. The summed E-state index contributed by atoms with van der Waals surface area (Å²) >= 11 is 0. The summed E-state index contributed by atoms with van der Waals surface area (Å²) < 4.78 is 56.7. The molecule has 3 rings (SSSR count). The Hall–Kier alpha value is -2.62. The minimum Gasteiger partial charge on any atom is -0.482 e. The Morgan fingerprint density at radius 1 is 1.37 bits per heavy atom. The van der Waals surface area contributed by atoms with Gasteiger partial charge in [-0.2, -0.15) is 18.3 Å². The van der Waals surface area contributed by atoms with Crippen LogP contribution in [0.1, 0.15) is 29.4 Å². The number of halogens is 4. The van der Waals surface area contributed by atoms with E-state index >= 15 is 0 Å². The van der Waals surface area contributed by atoms with Crippen molar-refractivity contribution < 1.29 is 27.1 Å². The van der Waals surface area contributed by atoms with Crippen molar-refractivity contribution in [1.82, 2.24) is 15.1 Å². The van der Waals surface area contributed by atoms with Crippen molar-refractivity contribution in [3.05, 3.63) is 42.0 Å². The molecule has 1 unspecified atom stereocenters. The van der Waals surface area contributed by atoms with Crippen molar-refractivity contribution >= 4 is 11.6 Å². The van der Waals surface area contributed by atoms with Crippen LogP contribution in [0.4, 0.5) is 23.2 Å². The van der Waals surface area contributed by atoms with Gasteiger partial charge in [-0.15, -0.1) is 0 Å². The molecule has 1 amide bonds. The Labute approximate surface area is 152 Å². The number of anilines is 1. The van der Waals surface area contributed by atoms with Gasteiger partial charge < -0.3 is 15.4 Å². The molecule has 0 radical (unpaired) electrons. The Bertz CT molecular complexity index is 800. The highest BCUT2D eigenvalue weighted by Crippen LogP contribution is 2.28. The summed E-state index contributed by atoms with van der Waals surface area (Å²) in [4.78, 5) is 12.4. The number of ether oxygens (including phenoxy) is 1. The second-order valence-electron chi connectivity index (χ2n) is 6.18. The number of hydrogen-bond acceptors (Lipinski definition) is 4. The lowest BCUT2D eigenvalue weighted by molar-refractivity contribution is -0.153. The van der Waals surface area contributed by atoms with Crippen LogP contribution in [0.5, 0.6) is 5.75 Å². The number of nitrogens with one attached hydrogen (secondary N) is 2. The van der Waals surface area contributed by atoms with Crippen LogP contribution in [-0.2, 0) is 0 Å². The van der Waals surface area contributed by atoms with Crippen LogP contribution in [0.25, 0.3) is 0 Å². The van der Waals surface area contributed by atoms with Crippen LogP contribution in [0.15, 0.2) is 30.5 Å². The largest absolute Gasteiger partial charge is 0.482 e. The van der Waals surface area contributed by atoms with Gasteiger partial charge in [0.2, 0.25) is 0 Å². The average molecular weight is 386 g/mol. The molecule has 1 aliphatic rings. The summed E-state index contributed by atoms with van der Waals surface area (Å²) in [6, 6.07) is 4.59. The molecule has 2 heterocycles. The normalized spacial score (nSPS) is 17.6. The molecule has 6 nitrogen and oxygen atoms in total. The number of aromatic nitrogens is 2. The van der Waals surface area contributed by atoms with E-state index in [2.05, 4.69) is 20.5 Å². The van der Waals surface area contributed by atoms with Crippen LogP contribution >= 0.6 is 0 Å². The second kappa shape index (κ2) is 7.95. The first-order valence-electron chi connectivity index (χ1n) is 8.38.